The first-order valence-corrected chi connectivity index (χ1v) is 7.20. The maximum Gasteiger partial charge on any atom is 0.255 e. The highest BCUT2D eigenvalue weighted by atomic mass is 35.5. The van der Waals surface area contributed by atoms with Crippen LogP contribution in [0.1, 0.15) is 35.7 Å². The molecular weight excluding hydrogens is 260 g/mol. The Morgan fingerprint density at radius 1 is 1.53 bits per heavy atom. The van der Waals surface area contributed by atoms with E-state index in [0.717, 1.165) is 24.9 Å². The van der Waals surface area contributed by atoms with Gasteiger partial charge in [-0.3, -0.25) is 4.79 Å². The molecule has 104 valence electrons. The molecule has 2 atom stereocenters. The van der Waals surface area contributed by atoms with Gasteiger partial charge in [-0.05, 0) is 37.3 Å². The van der Waals surface area contributed by atoms with Crippen LogP contribution in [0.5, 0.6) is 0 Å². The highest BCUT2D eigenvalue weighted by Gasteiger charge is 2.32. The average molecular weight is 281 g/mol. The smallest absolute Gasteiger partial charge is 0.255 e. The van der Waals surface area contributed by atoms with Crippen molar-refractivity contribution in [2.75, 3.05) is 13.1 Å². The number of benzene rings is 1. The Morgan fingerprint density at radius 3 is 2.95 bits per heavy atom. The number of nitrogens with zero attached hydrogens (tertiary/aromatic N) is 1. The molecule has 1 aliphatic heterocycles. The highest BCUT2D eigenvalue weighted by molar-refractivity contribution is 6.34. The van der Waals surface area contributed by atoms with Gasteiger partial charge in [0.1, 0.15) is 0 Å². The van der Waals surface area contributed by atoms with E-state index in [4.69, 9.17) is 17.3 Å². The van der Waals surface area contributed by atoms with E-state index in [2.05, 4.69) is 6.92 Å². The number of nitrogens with two attached hydrogens (primary N) is 1. The van der Waals surface area contributed by atoms with Crippen LogP contribution in [0.25, 0.3) is 0 Å². The van der Waals surface area contributed by atoms with Gasteiger partial charge in [-0.2, -0.15) is 0 Å². The molecule has 19 heavy (non-hydrogen) atoms. The van der Waals surface area contributed by atoms with Crippen LogP contribution in [0.4, 0.5) is 0 Å². The van der Waals surface area contributed by atoms with Crippen molar-refractivity contribution in [2.24, 2.45) is 11.7 Å². The van der Waals surface area contributed by atoms with E-state index in [1.165, 1.54) is 0 Å². The summed E-state index contributed by atoms with van der Waals surface area (Å²) >= 11 is 6.26. The predicted octanol–water partition coefficient (Wildman–Crippen LogP) is 2.85. The van der Waals surface area contributed by atoms with Gasteiger partial charge < -0.3 is 10.6 Å². The third-order valence-electron chi connectivity index (χ3n) is 4.04. The van der Waals surface area contributed by atoms with Crippen molar-refractivity contribution in [1.29, 1.82) is 0 Å². The van der Waals surface area contributed by atoms with Crippen LogP contribution in [-0.4, -0.2) is 29.9 Å². The third kappa shape index (κ3) is 2.77. The molecule has 0 radical (unpaired) electrons. The van der Waals surface area contributed by atoms with Crippen LogP contribution in [0.15, 0.2) is 18.2 Å². The molecule has 1 amide bonds. The molecule has 1 aliphatic rings. The number of piperidine rings is 1. The van der Waals surface area contributed by atoms with Gasteiger partial charge in [0.2, 0.25) is 0 Å². The zero-order chi connectivity index (χ0) is 14.0. The standard InChI is InChI=1S/C15H21ClN2O/c1-10-6-4-8-18(13(10)9-17)15(19)12-7-3-5-11(2)14(12)16/h3,5,7,10,13H,4,6,8-9,17H2,1-2H3. The van der Waals surface area contributed by atoms with Crippen LogP contribution in [0, 0.1) is 12.8 Å². The number of rotatable bonds is 2. The Kier molecular flexibility index (Phi) is 4.48. The van der Waals surface area contributed by atoms with E-state index < -0.39 is 0 Å². The van der Waals surface area contributed by atoms with Gasteiger partial charge in [0.05, 0.1) is 10.6 Å². The summed E-state index contributed by atoms with van der Waals surface area (Å²) < 4.78 is 0. The summed E-state index contributed by atoms with van der Waals surface area (Å²) in [5.74, 6) is 0.460. The minimum absolute atomic E-state index is 0.00991. The van der Waals surface area contributed by atoms with E-state index in [9.17, 15) is 4.79 Å². The second-order valence-corrected chi connectivity index (χ2v) is 5.74. The summed E-state index contributed by atoms with van der Waals surface area (Å²) in [5.41, 5.74) is 7.37. The molecule has 0 aliphatic carbocycles. The molecule has 1 aromatic carbocycles. The zero-order valence-electron chi connectivity index (χ0n) is 11.5. The van der Waals surface area contributed by atoms with E-state index in [1.807, 2.05) is 24.0 Å². The highest BCUT2D eigenvalue weighted by Crippen LogP contribution is 2.27. The molecule has 4 heteroatoms. The van der Waals surface area contributed by atoms with Gasteiger partial charge in [0.25, 0.3) is 5.91 Å². The lowest BCUT2D eigenvalue weighted by Gasteiger charge is -2.39. The number of hydrogen-bond acceptors (Lipinski definition) is 2. The second kappa shape index (κ2) is 5.93. The number of likely N-dealkylation sites (tertiary alicyclic amines) is 1. The first-order valence-electron chi connectivity index (χ1n) is 6.82. The van der Waals surface area contributed by atoms with E-state index in [1.54, 1.807) is 6.07 Å². The molecule has 1 saturated heterocycles. The van der Waals surface area contributed by atoms with Crippen molar-refractivity contribution in [3.8, 4) is 0 Å². The monoisotopic (exact) mass is 280 g/mol. The minimum atomic E-state index is 0.00991. The van der Waals surface area contributed by atoms with Crippen molar-refractivity contribution in [3.05, 3.63) is 34.3 Å². The lowest BCUT2D eigenvalue weighted by molar-refractivity contribution is 0.0532. The molecule has 0 aromatic heterocycles. The maximum atomic E-state index is 12.7. The summed E-state index contributed by atoms with van der Waals surface area (Å²) in [6.45, 7) is 5.36. The van der Waals surface area contributed by atoms with Crippen molar-refractivity contribution >= 4 is 17.5 Å². The first-order chi connectivity index (χ1) is 9.06. The topological polar surface area (TPSA) is 46.3 Å². The quantitative estimate of drug-likeness (QED) is 0.905. The number of amides is 1. The van der Waals surface area contributed by atoms with Crippen LogP contribution in [-0.2, 0) is 0 Å². The Hall–Kier alpha value is -1.06. The summed E-state index contributed by atoms with van der Waals surface area (Å²) in [5, 5.41) is 0.557. The molecule has 0 spiro atoms. The number of carbonyl (C=O) groups is 1. The Bertz CT molecular complexity index is 475. The molecule has 1 fully saturated rings. The lowest BCUT2D eigenvalue weighted by atomic mass is 9.90. The minimum Gasteiger partial charge on any atom is -0.334 e. The zero-order valence-corrected chi connectivity index (χ0v) is 12.3. The number of carbonyl (C=O) groups excluding carboxylic acids is 1. The number of aryl methyl sites for hydroxylation is 1. The van der Waals surface area contributed by atoms with Gasteiger partial charge in [0, 0.05) is 19.1 Å². The SMILES string of the molecule is Cc1cccc(C(=O)N2CCCC(C)C2CN)c1Cl. The van der Waals surface area contributed by atoms with E-state index >= 15 is 0 Å². The van der Waals surface area contributed by atoms with E-state index in [-0.39, 0.29) is 11.9 Å². The number of halogens is 1. The van der Waals surface area contributed by atoms with Gasteiger partial charge in [-0.15, -0.1) is 0 Å². The van der Waals surface area contributed by atoms with Gasteiger partial charge in [0.15, 0.2) is 0 Å². The summed E-state index contributed by atoms with van der Waals surface area (Å²) in [6, 6.07) is 5.71. The normalized spacial score (nSPS) is 23.5. The average Bonchev–Trinajstić information content (AvgIpc) is 2.41. The van der Waals surface area contributed by atoms with Crippen molar-refractivity contribution < 1.29 is 4.79 Å². The molecule has 2 unspecified atom stereocenters. The maximum absolute atomic E-state index is 12.7. The molecule has 0 saturated carbocycles. The summed E-state index contributed by atoms with van der Waals surface area (Å²) in [7, 11) is 0. The molecule has 3 nitrogen and oxygen atoms in total. The third-order valence-corrected chi connectivity index (χ3v) is 4.54. The molecule has 0 bridgehead atoms. The Balaban J connectivity index is 2.29. The molecular formula is C15H21ClN2O. The molecule has 2 N–H and O–H groups in total. The van der Waals surface area contributed by atoms with E-state index in [0.29, 0.717) is 23.0 Å². The van der Waals surface area contributed by atoms with Gasteiger partial charge in [-0.1, -0.05) is 30.7 Å². The van der Waals surface area contributed by atoms with Crippen LogP contribution in [0.2, 0.25) is 5.02 Å². The Labute approximate surface area is 119 Å². The second-order valence-electron chi connectivity index (χ2n) is 5.36. The molecule has 1 heterocycles. The summed E-state index contributed by atoms with van der Waals surface area (Å²) in [4.78, 5) is 14.6. The van der Waals surface area contributed by atoms with Crippen molar-refractivity contribution in [3.63, 3.8) is 0 Å². The lowest BCUT2D eigenvalue weighted by Crippen LogP contribution is -2.51. The first kappa shape index (κ1) is 14.4. The van der Waals surface area contributed by atoms with Crippen molar-refractivity contribution in [2.45, 2.75) is 32.7 Å². The van der Waals surface area contributed by atoms with Crippen molar-refractivity contribution in [1.82, 2.24) is 4.90 Å². The molecule has 1 aromatic rings. The fraction of sp³-hybridized carbons (Fsp3) is 0.533. The van der Waals surface area contributed by atoms with Crippen LogP contribution < -0.4 is 5.73 Å². The Morgan fingerprint density at radius 2 is 2.26 bits per heavy atom. The van der Waals surface area contributed by atoms with Crippen LogP contribution >= 0.6 is 11.6 Å². The largest absolute Gasteiger partial charge is 0.334 e. The van der Waals surface area contributed by atoms with Gasteiger partial charge in [-0.25, -0.2) is 0 Å². The van der Waals surface area contributed by atoms with Crippen LogP contribution in [0.3, 0.4) is 0 Å². The summed E-state index contributed by atoms with van der Waals surface area (Å²) in [6.07, 6.45) is 2.17. The predicted molar refractivity (Wildman–Crippen MR) is 78.5 cm³/mol. The fourth-order valence-electron chi connectivity index (χ4n) is 2.83. The fourth-order valence-corrected chi connectivity index (χ4v) is 3.03. The van der Waals surface area contributed by atoms with Gasteiger partial charge >= 0.3 is 0 Å². The molecule has 2 rings (SSSR count). The number of hydrogen-bond donors (Lipinski definition) is 1.